The van der Waals surface area contributed by atoms with Gasteiger partial charge in [-0.2, -0.15) is 0 Å². The Bertz CT molecular complexity index is 1100. The maximum absolute atomic E-state index is 13.3. The van der Waals surface area contributed by atoms with Crippen LogP contribution in [0, 0.1) is 10.5 Å². The van der Waals surface area contributed by atoms with Crippen LogP contribution in [0.4, 0.5) is 11.4 Å². The van der Waals surface area contributed by atoms with E-state index in [-0.39, 0.29) is 11.4 Å². The fourth-order valence-corrected chi connectivity index (χ4v) is 4.67. The van der Waals surface area contributed by atoms with Crippen LogP contribution in [0.25, 0.3) is 0 Å². The van der Waals surface area contributed by atoms with Crippen LogP contribution in [0.5, 0.6) is 0 Å². The molecule has 0 aliphatic heterocycles. The van der Waals surface area contributed by atoms with Gasteiger partial charge in [0.2, 0.25) is 5.91 Å². The minimum Gasteiger partial charge on any atom is -0.325 e. The van der Waals surface area contributed by atoms with Gasteiger partial charge in [0, 0.05) is 13.7 Å². The van der Waals surface area contributed by atoms with Gasteiger partial charge in [-0.3, -0.25) is 9.10 Å². The van der Waals surface area contributed by atoms with E-state index in [1.165, 1.54) is 0 Å². The summed E-state index contributed by atoms with van der Waals surface area (Å²) in [6.45, 7) is 1.54. The summed E-state index contributed by atoms with van der Waals surface area (Å²) in [6.07, 6.45) is 0. The van der Waals surface area contributed by atoms with Crippen LogP contribution in [0.3, 0.4) is 0 Å². The third kappa shape index (κ3) is 5.58. The molecule has 0 aliphatic rings. The number of carbonyl (C=O) groups is 1. The normalized spacial score (nSPS) is 11.1. The van der Waals surface area contributed by atoms with Crippen molar-refractivity contribution in [3.05, 3.63) is 86.4 Å². The molecule has 0 aromatic heterocycles. The summed E-state index contributed by atoms with van der Waals surface area (Å²) < 4.78 is 29.6. The van der Waals surface area contributed by atoms with Gasteiger partial charge < -0.3 is 5.32 Å². The predicted molar refractivity (Wildman–Crippen MR) is 128 cm³/mol. The average molecular weight is 585 g/mol. The lowest BCUT2D eigenvalue weighted by Gasteiger charge is -2.24. The third-order valence-electron chi connectivity index (χ3n) is 4.14. The molecule has 0 saturated carbocycles. The van der Waals surface area contributed by atoms with Crippen LogP contribution in [0.1, 0.15) is 5.56 Å². The predicted octanol–water partition coefficient (Wildman–Crippen LogP) is 5.20. The van der Waals surface area contributed by atoms with E-state index in [4.69, 9.17) is 0 Å². The molecule has 0 bridgehead atoms. The fraction of sp³-hybridized carbons (Fsp3) is 0.0952. The summed E-state index contributed by atoms with van der Waals surface area (Å²) in [5, 5.41) is 2.76. The maximum Gasteiger partial charge on any atom is 0.264 e. The smallest absolute Gasteiger partial charge is 0.264 e. The second-order valence-corrected chi connectivity index (χ2v) is 10.4. The Hall–Kier alpha value is -1.91. The molecule has 8 heteroatoms. The number of hydrogen-bond acceptors (Lipinski definition) is 3. The zero-order valence-electron chi connectivity index (χ0n) is 15.5. The Morgan fingerprint density at radius 3 is 2.14 bits per heavy atom. The summed E-state index contributed by atoms with van der Waals surface area (Å²) >= 11 is 5.53. The summed E-state index contributed by atoms with van der Waals surface area (Å²) in [7, 11) is -3.92. The van der Waals surface area contributed by atoms with Crippen molar-refractivity contribution in [2.75, 3.05) is 16.2 Å². The number of rotatable bonds is 6. The lowest BCUT2D eigenvalue weighted by molar-refractivity contribution is -0.114. The zero-order valence-corrected chi connectivity index (χ0v) is 20.0. The Labute approximate surface area is 192 Å². The first-order chi connectivity index (χ1) is 13.8. The quantitative estimate of drug-likeness (QED) is 0.405. The largest absolute Gasteiger partial charge is 0.325 e. The third-order valence-corrected chi connectivity index (χ3v) is 7.17. The lowest BCUT2D eigenvalue weighted by atomic mass is 10.2. The summed E-state index contributed by atoms with van der Waals surface area (Å²) in [6, 6.07) is 20.7. The molecule has 0 spiro atoms. The summed E-state index contributed by atoms with van der Waals surface area (Å²) in [5.74, 6) is -0.426. The average Bonchev–Trinajstić information content (AvgIpc) is 2.69. The van der Waals surface area contributed by atoms with Crippen LogP contribution in [0.2, 0.25) is 0 Å². The molecule has 150 valence electrons. The van der Waals surface area contributed by atoms with Gasteiger partial charge in [0.15, 0.2) is 0 Å². The Kier molecular flexibility index (Phi) is 6.97. The molecule has 5 nitrogen and oxygen atoms in total. The highest BCUT2D eigenvalue weighted by molar-refractivity contribution is 14.1. The summed E-state index contributed by atoms with van der Waals surface area (Å²) in [4.78, 5) is 12.8. The van der Waals surface area contributed by atoms with E-state index in [1.54, 1.807) is 60.7 Å². The van der Waals surface area contributed by atoms with Crippen molar-refractivity contribution in [1.82, 2.24) is 0 Å². The number of nitrogens with zero attached hydrogens (tertiary/aromatic N) is 1. The molecule has 0 heterocycles. The highest BCUT2D eigenvalue weighted by Crippen LogP contribution is 2.25. The van der Waals surface area contributed by atoms with E-state index in [2.05, 4.69) is 43.8 Å². The van der Waals surface area contributed by atoms with Crippen LogP contribution in [0.15, 0.2) is 82.2 Å². The van der Waals surface area contributed by atoms with Crippen molar-refractivity contribution in [3.63, 3.8) is 0 Å². The molecular formula is C21H18BrIN2O3S. The summed E-state index contributed by atoms with van der Waals surface area (Å²) in [5.41, 5.74) is 1.97. The second kappa shape index (κ2) is 9.27. The van der Waals surface area contributed by atoms with Crippen molar-refractivity contribution in [2.24, 2.45) is 0 Å². The minimum absolute atomic E-state index is 0.132. The number of benzene rings is 3. The van der Waals surface area contributed by atoms with Gasteiger partial charge in [-0.1, -0.05) is 33.6 Å². The van der Waals surface area contributed by atoms with Crippen molar-refractivity contribution < 1.29 is 13.2 Å². The fourth-order valence-electron chi connectivity index (χ4n) is 2.62. The van der Waals surface area contributed by atoms with Crippen molar-refractivity contribution in [2.45, 2.75) is 11.8 Å². The first-order valence-corrected chi connectivity index (χ1v) is 12.0. The van der Waals surface area contributed by atoms with Crippen molar-refractivity contribution >= 4 is 65.8 Å². The number of halogens is 2. The molecule has 3 aromatic carbocycles. The lowest BCUT2D eigenvalue weighted by Crippen LogP contribution is -2.38. The van der Waals surface area contributed by atoms with Gasteiger partial charge in [-0.25, -0.2) is 8.42 Å². The highest BCUT2D eigenvalue weighted by Gasteiger charge is 2.27. The molecule has 0 unspecified atom stereocenters. The minimum atomic E-state index is -3.92. The first-order valence-electron chi connectivity index (χ1n) is 8.66. The van der Waals surface area contributed by atoms with Crippen LogP contribution >= 0.6 is 38.5 Å². The van der Waals surface area contributed by atoms with E-state index < -0.39 is 15.9 Å². The molecular weight excluding hydrogens is 567 g/mol. The number of nitrogens with one attached hydrogen (secondary N) is 1. The van der Waals surface area contributed by atoms with E-state index in [0.29, 0.717) is 11.4 Å². The van der Waals surface area contributed by atoms with Gasteiger partial charge in [0.1, 0.15) is 6.54 Å². The Morgan fingerprint density at radius 1 is 0.966 bits per heavy atom. The molecule has 1 amide bonds. The molecule has 0 fully saturated rings. The van der Waals surface area contributed by atoms with Crippen LogP contribution in [-0.2, 0) is 14.8 Å². The standard InChI is InChI=1S/C21H18BrIN2O3S/c1-15-2-12-20(13-3-15)29(27,28)25(19-10-4-16(22)5-11-19)14-21(26)24-18-8-6-17(23)7-9-18/h2-13H,14H2,1H3,(H,24,26). The number of hydrogen-bond donors (Lipinski definition) is 1. The van der Waals surface area contributed by atoms with Crippen LogP contribution in [-0.4, -0.2) is 20.9 Å². The van der Waals surface area contributed by atoms with E-state index in [9.17, 15) is 13.2 Å². The molecule has 3 aromatic rings. The number of sulfonamides is 1. The molecule has 0 atom stereocenters. The van der Waals surface area contributed by atoms with Gasteiger partial charge >= 0.3 is 0 Å². The maximum atomic E-state index is 13.3. The Morgan fingerprint density at radius 2 is 1.55 bits per heavy atom. The monoisotopic (exact) mass is 584 g/mol. The van der Waals surface area contributed by atoms with Crippen molar-refractivity contribution in [1.29, 1.82) is 0 Å². The molecule has 29 heavy (non-hydrogen) atoms. The van der Waals surface area contributed by atoms with Crippen molar-refractivity contribution in [3.8, 4) is 0 Å². The Balaban J connectivity index is 1.92. The van der Waals surface area contributed by atoms with E-state index in [1.807, 2.05) is 19.1 Å². The van der Waals surface area contributed by atoms with E-state index >= 15 is 0 Å². The number of amides is 1. The van der Waals surface area contributed by atoms with Gasteiger partial charge in [-0.15, -0.1) is 0 Å². The van der Waals surface area contributed by atoms with Gasteiger partial charge in [0.05, 0.1) is 10.6 Å². The number of carbonyl (C=O) groups excluding carboxylic acids is 1. The molecule has 0 aliphatic carbocycles. The van der Waals surface area contributed by atoms with E-state index in [0.717, 1.165) is 17.9 Å². The van der Waals surface area contributed by atoms with Crippen LogP contribution < -0.4 is 9.62 Å². The number of anilines is 2. The topological polar surface area (TPSA) is 66.5 Å². The number of aryl methyl sites for hydroxylation is 1. The highest BCUT2D eigenvalue weighted by atomic mass is 127. The second-order valence-electron chi connectivity index (χ2n) is 6.36. The van der Waals surface area contributed by atoms with Gasteiger partial charge in [-0.05, 0) is 90.2 Å². The molecule has 1 N–H and O–H groups in total. The SMILES string of the molecule is Cc1ccc(S(=O)(=O)N(CC(=O)Nc2ccc(I)cc2)c2ccc(Br)cc2)cc1. The zero-order chi connectivity index (χ0) is 21.0. The molecule has 3 rings (SSSR count). The molecule has 0 saturated heterocycles. The van der Waals surface area contributed by atoms with Gasteiger partial charge in [0.25, 0.3) is 10.0 Å². The first kappa shape index (κ1) is 21.8. The molecule has 0 radical (unpaired) electrons.